The third-order valence-corrected chi connectivity index (χ3v) is 3.53. The summed E-state index contributed by atoms with van der Waals surface area (Å²) in [6.07, 6.45) is 0. The van der Waals surface area contributed by atoms with E-state index in [1.807, 2.05) is 7.05 Å². The summed E-state index contributed by atoms with van der Waals surface area (Å²) in [5, 5.41) is 3.25. The predicted molar refractivity (Wildman–Crippen MR) is 79.8 cm³/mol. The summed E-state index contributed by atoms with van der Waals surface area (Å²) in [6, 6.07) is 10.8. The monoisotopic (exact) mass is 273 g/mol. The fourth-order valence-electron chi connectivity index (χ4n) is 2.56. The van der Waals surface area contributed by atoms with E-state index in [0.717, 1.165) is 11.1 Å². The number of benzene rings is 2. The van der Waals surface area contributed by atoms with Crippen LogP contribution in [0.3, 0.4) is 0 Å². The number of hydrogen-bond acceptors (Lipinski definition) is 2. The van der Waals surface area contributed by atoms with Gasteiger partial charge in [0.2, 0.25) is 0 Å². The molecule has 0 aromatic heterocycles. The Hall–Kier alpha value is -1.87. The van der Waals surface area contributed by atoms with E-state index < -0.39 is 0 Å². The van der Waals surface area contributed by atoms with Gasteiger partial charge in [0.15, 0.2) is 0 Å². The lowest BCUT2D eigenvalue weighted by atomic mass is 9.93. The van der Waals surface area contributed by atoms with E-state index in [0.29, 0.717) is 5.75 Å². The van der Waals surface area contributed by atoms with Gasteiger partial charge in [0, 0.05) is 5.56 Å². The van der Waals surface area contributed by atoms with E-state index in [2.05, 4.69) is 37.4 Å². The molecule has 20 heavy (non-hydrogen) atoms. The van der Waals surface area contributed by atoms with Crippen molar-refractivity contribution in [3.8, 4) is 5.75 Å². The Morgan fingerprint density at radius 1 is 1.05 bits per heavy atom. The lowest BCUT2D eigenvalue weighted by molar-refractivity contribution is 0.404. The first-order chi connectivity index (χ1) is 9.56. The maximum absolute atomic E-state index is 13.6. The van der Waals surface area contributed by atoms with Crippen molar-refractivity contribution >= 4 is 0 Å². The smallest absolute Gasteiger partial charge is 0.124 e. The zero-order chi connectivity index (χ0) is 14.7. The molecule has 0 amide bonds. The van der Waals surface area contributed by atoms with E-state index in [1.54, 1.807) is 13.2 Å². The van der Waals surface area contributed by atoms with Gasteiger partial charge in [0.25, 0.3) is 0 Å². The summed E-state index contributed by atoms with van der Waals surface area (Å²) in [4.78, 5) is 0. The minimum Gasteiger partial charge on any atom is -0.496 e. The van der Waals surface area contributed by atoms with Crippen molar-refractivity contribution in [3.05, 3.63) is 64.5 Å². The number of aryl methyl sites for hydroxylation is 2. The SMILES string of the molecule is CNC(c1ccc(C)cc1C)c1cc(F)ccc1OC. The minimum atomic E-state index is -0.259. The standard InChI is InChI=1S/C17H20FNO/c1-11-5-7-14(12(2)9-11)17(19-3)15-10-13(18)6-8-16(15)20-4/h5-10,17,19H,1-4H3. The average molecular weight is 273 g/mol. The lowest BCUT2D eigenvalue weighted by Gasteiger charge is -2.22. The summed E-state index contributed by atoms with van der Waals surface area (Å²) in [5.41, 5.74) is 4.33. The molecule has 1 unspecified atom stereocenters. The molecule has 2 aromatic rings. The summed E-state index contributed by atoms with van der Waals surface area (Å²) in [7, 11) is 3.47. The number of rotatable bonds is 4. The van der Waals surface area contributed by atoms with Gasteiger partial charge in [-0.1, -0.05) is 23.8 Å². The molecule has 0 aliphatic carbocycles. The third kappa shape index (κ3) is 2.83. The highest BCUT2D eigenvalue weighted by Crippen LogP contribution is 2.32. The molecule has 1 N–H and O–H groups in total. The maximum atomic E-state index is 13.6. The van der Waals surface area contributed by atoms with Crippen molar-refractivity contribution in [2.75, 3.05) is 14.2 Å². The molecular weight excluding hydrogens is 253 g/mol. The Labute approximate surface area is 119 Å². The number of methoxy groups -OCH3 is 1. The van der Waals surface area contributed by atoms with Crippen LogP contribution in [-0.4, -0.2) is 14.2 Å². The Morgan fingerprint density at radius 2 is 1.80 bits per heavy atom. The Morgan fingerprint density at radius 3 is 2.40 bits per heavy atom. The molecule has 0 radical (unpaired) electrons. The number of nitrogens with one attached hydrogen (secondary N) is 1. The van der Waals surface area contributed by atoms with Crippen molar-refractivity contribution in [1.29, 1.82) is 0 Å². The van der Waals surface area contributed by atoms with Gasteiger partial charge >= 0.3 is 0 Å². The molecule has 0 saturated heterocycles. The van der Waals surface area contributed by atoms with Gasteiger partial charge in [-0.2, -0.15) is 0 Å². The van der Waals surface area contributed by atoms with Crippen LogP contribution in [0, 0.1) is 19.7 Å². The molecule has 0 heterocycles. The normalized spacial score (nSPS) is 12.2. The third-order valence-electron chi connectivity index (χ3n) is 3.53. The molecule has 0 saturated carbocycles. The summed E-state index contributed by atoms with van der Waals surface area (Å²) < 4.78 is 18.9. The van der Waals surface area contributed by atoms with Crippen molar-refractivity contribution < 1.29 is 9.13 Å². The van der Waals surface area contributed by atoms with Crippen LogP contribution in [0.5, 0.6) is 5.75 Å². The molecule has 0 spiro atoms. The molecule has 0 aliphatic rings. The first-order valence-corrected chi connectivity index (χ1v) is 6.64. The fourth-order valence-corrected chi connectivity index (χ4v) is 2.56. The molecular formula is C17H20FNO. The van der Waals surface area contributed by atoms with E-state index in [9.17, 15) is 4.39 Å². The largest absolute Gasteiger partial charge is 0.496 e. The van der Waals surface area contributed by atoms with Gasteiger partial charge in [-0.25, -0.2) is 4.39 Å². The lowest BCUT2D eigenvalue weighted by Crippen LogP contribution is -2.19. The molecule has 2 aromatic carbocycles. The van der Waals surface area contributed by atoms with Crippen LogP contribution in [0.4, 0.5) is 4.39 Å². The van der Waals surface area contributed by atoms with Gasteiger partial charge < -0.3 is 10.1 Å². The van der Waals surface area contributed by atoms with Gasteiger partial charge in [-0.3, -0.25) is 0 Å². The van der Waals surface area contributed by atoms with Gasteiger partial charge in [0.1, 0.15) is 11.6 Å². The first-order valence-electron chi connectivity index (χ1n) is 6.64. The maximum Gasteiger partial charge on any atom is 0.124 e. The topological polar surface area (TPSA) is 21.3 Å². The predicted octanol–water partition coefficient (Wildman–Crippen LogP) is 3.76. The molecule has 1 atom stereocenters. The van der Waals surface area contributed by atoms with Gasteiger partial charge in [-0.05, 0) is 50.2 Å². The average Bonchev–Trinajstić information content (AvgIpc) is 2.42. The van der Waals surface area contributed by atoms with Crippen molar-refractivity contribution in [1.82, 2.24) is 5.32 Å². The van der Waals surface area contributed by atoms with Crippen LogP contribution >= 0.6 is 0 Å². The summed E-state index contributed by atoms with van der Waals surface area (Å²) in [5.74, 6) is 0.427. The molecule has 0 aliphatic heterocycles. The Bertz CT molecular complexity index is 610. The van der Waals surface area contributed by atoms with Crippen LogP contribution in [0.2, 0.25) is 0 Å². The zero-order valence-electron chi connectivity index (χ0n) is 12.3. The van der Waals surface area contributed by atoms with Gasteiger partial charge in [-0.15, -0.1) is 0 Å². The van der Waals surface area contributed by atoms with E-state index >= 15 is 0 Å². The second-order valence-corrected chi connectivity index (χ2v) is 4.97. The molecule has 106 valence electrons. The molecule has 2 nitrogen and oxygen atoms in total. The van der Waals surface area contributed by atoms with Crippen molar-refractivity contribution in [3.63, 3.8) is 0 Å². The summed E-state index contributed by atoms with van der Waals surface area (Å²) >= 11 is 0. The zero-order valence-corrected chi connectivity index (χ0v) is 12.3. The highest BCUT2D eigenvalue weighted by atomic mass is 19.1. The minimum absolute atomic E-state index is 0.0961. The van der Waals surface area contributed by atoms with Crippen molar-refractivity contribution in [2.45, 2.75) is 19.9 Å². The molecule has 2 rings (SSSR count). The number of halogens is 1. The second kappa shape index (κ2) is 6.06. The van der Waals surface area contributed by atoms with Crippen LogP contribution < -0.4 is 10.1 Å². The van der Waals surface area contributed by atoms with Crippen LogP contribution in [0.25, 0.3) is 0 Å². The van der Waals surface area contributed by atoms with Crippen molar-refractivity contribution in [2.24, 2.45) is 0 Å². The quantitative estimate of drug-likeness (QED) is 0.915. The van der Waals surface area contributed by atoms with Crippen LogP contribution in [0.1, 0.15) is 28.3 Å². The molecule has 0 fully saturated rings. The van der Waals surface area contributed by atoms with E-state index in [4.69, 9.17) is 4.74 Å². The Balaban J connectivity index is 2.54. The fraction of sp³-hybridized carbons (Fsp3) is 0.294. The highest BCUT2D eigenvalue weighted by Gasteiger charge is 2.19. The second-order valence-electron chi connectivity index (χ2n) is 4.97. The van der Waals surface area contributed by atoms with Crippen LogP contribution in [0.15, 0.2) is 36.4 Å². The first kappa shape index (κ1) is 14.5. The van der Waals surface area contributed by atoms with Gasteiger partial charge in [0.05, 0.1) is 13.2 Å². The van der Waals surface area contributed by atoms with E-state index in [-0.39, 0.29) is 11.9 Å². The number of hydrogen-bond donors (Lipinski definition) is 1. The van der Waals surface area contributed by atoms with Crippen LogP contribution in [-0.2, 0) is 0 Å². The Kier molecular flexibility index (Phi) is 4.40. The van der Waals surface area contributed by atoms with E-state index in [1.165, 1.54) is 23.3 Å². The molecule has 0 bridgehead atoms. The molecule has 3 heteroatoms. The summed E-state index contributed by atoms with van der Waals surface area (Å²) in [6.45, 7) is 4.13. The highest BCUT2D eigenvalue weighted by molar-refractivity contribution is 5.45. The number of ether oxygens (including phenoxy) is 1.